The summed E-state index contributed by atoms with van der Waals surface area (Å²) in [7, 11) is 0. The monoisotopic (exact) mass is 214 g/mol. The summed E-state index contributed by atoms with van der Waals surface area (Å²) in [5.41, 5.74) is 0.243. The van der Waals surface area contributed by atoms with E-state index in [1.807, 2.05) is 0 Å². The maximum absolute atomic E-state index is 12.8. The van der Waals surface area contributed by atoms with Gasteiger partial charge in [0, 0.05) is 6.42 Å². The molecule has 1 aromatic heterocycles. The van der Waals surface area contributed by atoms with E-state index in [1.165, 1.54) is 0 Å². The third-order valence-electron chi connectivity index (χ3n) is 1.81. The molecule has 0 aliphatic heterocycles. The summed E-state index contributed by atoms with van der Waals surface area (Å²) >= 11 is 0. The van der Waals surface area contributed by atoms with Gasteiger partial charge in [0.1, 0.15) is 0 Å². The van der Waals surface area contributed by atoms with Gasteiger partial charge in [-0.15, -0.1) is 0 Å². The van der Waals surface area contributed by atoms with Crippen LogP contribution in [0.5, 0.6) is 0 Å². The fourth-order valence-corrected chi connectivity index (χ4v) is 1.16. The lowest BCUT2D eigenvalue weighted by atomic mass is 10.1. The van der Waals surface area contributed by atoms with Gasteiger partial charge in [-0.25, -0.2) is 13.2 Å². The highest BCUT2D eigenvalue weighted by atomic mass is 19.2. The van der Waals surface area contributed by atoms with Gasteiger partial charge in [0.2, 0.25) is 6.39 Å². The first-order chi connectivity index (χ1) is 7.16. The highest BCUT2D eigenvalue weighted by Gasteiger charge is 2.11. The van der Waals surface area contributed by atoms with Gasteiger partial charge < -0.3 is 4.52 Å². The summed E-state index contributed by atoms with van der Waals surface area (Å²) < 4.78 is 42.6. The van der Waals surface area contributed by atoms with Crippen LogP contribution in [-0.4, -0.2) is 10.1 Å². The number of aromatic nitrogens is 2. The van der Waals surface area contributed by atoms with E-state index in [-0.39, 0.29) is 17.8 Å². The third kappa shape index (κ3) is 1.98. The fraction of sp³-hybridized carbons (Fsp3) is 0.111. The van der Waals surface area contributed by atoms with E-state index in [9.17, 15) is 13.2 Å². The van der Waals surface area contributed by atoms with Crippen LogP contribution in [-0.2, 0) is 6.42 Å². The molecular weight excluding hydrogens is 209 g/mol. The zero-order valence-corrected chi connectivity index (χ0v) is 7.38. The van der Waals surface area contributed by atoms with Crippen molar-refractivity contribution in [3.8, 4) is 0 Å². The number of nitrogens with zero attached hydrogens (tertiary/aromatic N) is 2. The van der Waals surface area contributed by atoms with Gasteiger partial charge in [0.25, 0.3) is 0 Å². The molecule has 15 heavy (non-hydrogen) atoms. The van der Waals surface area contributed by atoms with Crippen LogP contribution < -0.4 is 0 Å². The lowest BCUT2D eigenvalue weighted by Gasteiger charge is -1.99. The predicted octanol–water partition coefficient (Wildman–Crippen LogP) is 2.08. The molecule has 1 aromatic carbocycles. The van der Waals surface area contributed by atoms with E-state index in [0.29, 0.717) is 0 Å². The predicted molar refractivity (Wildman–Crippen MR) is 43.4 cm³/mol. The number of hydrogen-bond acceptors (Lipinski definition) is 3. The van der Waals surface area contributed by atoms with E-state index in [4.69, 9.17) is 0 Å². The van der Waals surface area contributed by atoms with Gasteiger partial charge in [-0.2, -0.15) is 4.98 Å². The van der Waals surface area contributed by atoms with Crippen LogP contribution in [0.4, 0.5) is 13.2 Å². The largest absolute Gasteiger partial charge is 0.343 e. The Balaban J connectivity index is 2.30. The minimum atomic E-state index is -1.48. The molecule has 0 saturated heterocycles. The van der Waals surface area contributed by atoms with E-state index < -0.39 is 17.5 Å². The molecule has 0 unspecified atom stereocenters. The van der Waals surface area contributed by atoms with Crippen molar-refractivity contribution in [3.05, 3.63) is 47.4 Å². The van der Waals surface area contributed by atoms with Crippen molar-refractivity contribution in [1.82, 2.24) is 10.1 Å². The summed E-state index contributed by atoms with van der Waals surface area (Å²) in [4.78, 5) is 3.68. The van der Waals surface area contributed by atoms with Crippen LogP contribution in [0.25, 0.3) is 0 Å². The van der Waals surface area contributed by atoms with E-state index in [1.54, 1.807) is 0 Å². The van der Waals surface area contributed by atoms with Crippen LogP contribution in [0.3, 0.4) is 0 Å². The number of rotatable bonds is 2. The van der Waals surface area contributed by atoms with Crippen molar-refractivity contribution in [3.63, 3.8) is 0 Å². The normalized spacial score (nSPS) is 10.6. The van der Waals surface area contributed by atoms with E-state index in [2.05, 4.69) is 14.7 Å². The molecule has 2 aromatic rings. The van der Waals surface area contributed by atoms with Crippen LogP contribution >= 0.6 is 0 Å². The van der Waals surface area contributed by atoms with E-state index >= 15 is 0 Å². The molecule has 0 amide bonds. The van der Waals surface area contributed by atoms with Gasteiger partial charge >= 0.3 is 0 Å². The van der Waals surface area contributed by atoms with E-state index in [0.717, 1.165) is 18.5 Å². The Morgan fingerprint density at radius 3 is 2.33 bits per heavy atom. The zero-order chi connectivity index (χ0) is 10.8. The molecule has 2 rings (SSSR count). The molecule has 6 heteroatoms. The van der Waals surface area contributed by atoms with Gasteiger partial charge in [0.15, 0.2) is 23.3 Å². The smallest absolute Gasteiger partial charge is 0.213 e. The topological polar surface area (TPSA) is 38.9 Å². The van der Waals surface area contributed by atoms with Gasteiger partial charge in [-0.05, 0) is 17.7 Å². The quantitative estimate of drug-likeness (QED) is 0.718. The maximum Gasteiger partial charge on any atom is 0.213 e. The molecule has 0 aliphatic rings. The molecule has 0 atom stereocenters. The molecule has 0 spiro atoms. The minimum Gasteiger partial charge on any atom is -0.343 e. The number of halogens is 3. The van der Waals surface area contributed by atoms with Crippen molar-refractivity contribution >= 4 is 0 Å². The first-order valence-corrected chi connectivity index (χ1v) is 4.05. The number of hydrogen-bond donors (Lipinski definition) is 0. The standard InChI is InChI=1S/C9H5F3N2O/c10-6-1-5(2-7(11)9(6)12)3-8-13-4-15-14-8/h1-2,4H,3H2. The molecule has 0 saturated carbocycles. The first-order valence-electron chi connectivity index (χ1n) is 4.05. The SMILES string of the molecule is Fc1cc(Cc2ncon2)cc(F)c1F. The Labute approximate surface area is 82.5 Å². The fourth-order valence-electron chi connectivity index (χ4n) is 1.16. The number of benzene rings is 1. The Morgan fingerprint density at radius 1 is 1.13 bits per heavy atom. The Hall–Kier alpha value is -1.85. The molecule has 0 radical (unpaired) electrons. The van der Waals surface area contributed by atoms with Crippen molar-refractivity contribution in [1.29, 1.82) is 0 Å². The van der Waals surface area contributed by atoms with Crippen molar-refractivity contribution in [2.75, 3.05) is 0 Å². The average Bonchev–Trinajstić information content (AvgIpc) is 2.66. The molecule has 3 nitrogen and oxygen atoms in total. The molecule has 0 fully saturated rings. The average molecular weight is 214 g/mol. The molecule has 0 aliphatic carbocycles. The highest BCUT2D eigenvalue weighted by molar-refractivity contribution is 5.22. The maximum atomic E-state index is 12.8. The van der Waals surface area contributed by atoms with Crippen LogP contribution in [0.1, 0.15) is 11.4 Å². The van der Waals surface area contributed by atoms with Crippen LogP contribution in [0.2, 0.25) is 0 Å². The third-order valence-corrected chi connectivity index (χ3v) is 1.81. The second kappa shape index (κ2) is 3.72. The van der Waals surface area contributed by atoms with Crippen molar-refractivity contribution in [2.24, 2.45) is 0 Å². The molecular formula is C9H5F3N2O. The highest BCUT2D eigenvalue weighted by Crippen LogP contribution is 2.15. The summed E-state index contributed by atoms with van der Waals surface area (Å²) in [5, 5.41) is 3.47. The second-order valence-corrected chi connectivity index (χ2v) is 2.90. The molecule has 0 bridgehead atoms. The Kier molecular flexibility index (Phi) is 2.40. The summed E-state index contributed by atoms with van der Waals surface area (Å²) in [6.45, 7) is 0. The van der Waals surface area contributed by atoms with Gasteiger partial charge in [0.05, 0.1) is 0 Å². The van der Waals surface area contributed by atoms with Crippen LogP contribution in [0.15, 0.2) is 23.0 Å². The van der Waals surface area contributed by atoms with Crippen molar-refractivity contribution < 1.29 is 17.7 Å². The molecule has 78 valence electrons. The molecule has 0 N–H and O–H groups in total. The lowest BCUT2D eigenvalue weighted by molar-refractivity contribution is 0.411. The molecule has 1 heterocycles. The zero-order valence-electron chi connectivity index (χ0n) is 7.38. The summed E-state index contributed by atoms with van der Waals surface area (Å²) in [5.74, 6) is -3.66. The van der Waals surface area contributed by atoms with Crippen LogP contribution in [0, 0.1) is 17.5 Å². The summed E-state index contributed by atoms with van der Waals surface area (Å²) in [6, 6.07) is 1.80. The Bertz CT molecular complexity index is 447. The lowest BCUT2D eigenvalue weighted by Crippen LogP contribution is -1.97. The minimum absolute atomic E-state index is 0.0879. The first kappa shape index (κ1) is 9.70. The summed E-state index contributed by atoms with van der Waals surface area (Å²) in [6.07, 6.45) is 1.19. The second-order valence-electron chi connectivity index (χ2n) is 2.90. The van der Waals surface area contributed by atoms with Gasteiger partial charge in [-0.1, -0.05) is 5.16 Å². The van der Waals surface area contributed by atoms with Gasteiger partial charge in [-0.3, -0.25) is 0 Å². The van der Waals surface area contributed by atoms with Crippen molar-refractivity contribution in [2.45, 2.75) is 6.42 Å². The Morgan fingerprint density at radius 2 is 1.80 bits per heavy atom.